The molecule has 0 fully saturated rings. The normalized spacial score (nSPS) is 23.6. The predicted octanol–water partition coefficient (Wildman–Crippen LogP) is 9.87. The Balaban J connectivity index is 0.00000116. The highest BCUT2D eigenvalue weighted by Crippen LogP contribution is 2.32. The second-order valence-electron chi connectivity index (χ2n) is 6.71. The van der Waals surface area contributed by atoms with Gasteiger partial charge in [-0.2, -0.15) is 26.3 Å². The van der Waals surface area contributed by atoms with Gasteiger partial charge in [0.15, 0.2) is 0 Å². The minimum Gasteiger partial charge on any atom is -0.486 e. The molecule has 5 N–H and O–H groups in total. The molecule has 0 spiro atoms. The monoisotopic (exact) mass is 686 g/mol. The molecule has 0 aliphatic rings. The highest BCUT2D eigenvalue weighted by molar-refractivity contribution is 6.30. The molecule has 0 heterocycles. The summed E-state index contributed by atoms with van der Waals surface area (Å²) in [5, 5.41) is 9.44. The fraction of sp³-hybridized carbons (Fsp3) is 0.294. The summed E-state index contributed by atoms with van der Waals surface area (Å²) in [7, 11) is 0. The average Bonchev–Trinajstić information content (AvgIpc) is 3.21. The van der Waals surface area contributed by atoms with Crippen LogP contribution in [0.1, 0.15) is 100 Å². The van der Waals surface area contributed by atoms with E-state index in [1.807, 2.05) is 0 Å². The number of ether oxygens (including phenoxy) is 1. The summed E-state index contributed by atoms with van der Waals surface area (Å²) in [4.78, 5) is 0. The third-order valence-electron chi connectivity index (χ3n) is 3.81. The van der Waals surface area contributed by atoms with Crippen LogP contribution < -0.4 is 16.2 Å². The maximum Gasteiger partial charge on any atom is 0.416 e. The molecule has 11 heteroatoms. The summed E-state index contributed by atoms with van der Waals surface area (Å²) < 4.78 is 295. The summed E-state index contributed by atoms with van der Waals surface area (Å²) in [6.07, 6.45) is -24.9. The van der Waals surface area contributed by atoms with Gasteiger partial charge in [0.2, 0.25) is 0 Å². The van der Waals surface area contributed by atoms with Gasteiger partial charge in [0.25, 0.3) is 0 Å². The van der Waals surface area contributed by atoms with E-state index in [4.69, 9.17) is 66.2 Å². The van der Waals surface area contributed by atoms with E-state index in [2.05, 4.69) is 0 Å². The number of nitrogens with two attached hydrogens (primary N) is 2. The first-order chi connectivity index (χ1) is 31.4. The van der Waals surface area contributed by atoms with Crippen molar-refractivity contribution in [2.24, 2.45) is 11.5 Å². The lowest BCUT2D eigenvalue weighted by Crippen LogP contribution is -2.13. The molecular formula is C34H41ClF6N2O2. The second-order valence-corrected chi connectivity index (χ2v) is 7.09. The molecule has 2 atom stereocenters. The summed E-state index contributed by atoms with van der Waals surface area (Å²) in [5.41, 5.74) is 4.15. The van der Waals surface area contributed by atoms with Crippen LogP contribution in [-0.4, -0.2) is 18.1 Å². The van der Waals surface area contributed by atoms with Crippen LogP contribution in [0.2, 0.25) is 5.02 Å². The van der Waals surface area contributed by atoms with Crippen molar-refractivity contribution in [3.05, 3.63) is 136 Å². The number of rotatable bonds is 8. The Labute approximate surface area is 305 Å². The van der Waals surface area contributed by atoms with Crippen molar-refractivity contribution in [3.8, 4) is 5.75 Å². The molecule has 0 aromatic heterocycles. The Morgan fingerprint density at radius 2 is 1.09 bits per heavy atom. The summed E-state index contributed by atoms with van der Waals surface area (Å²) in [5.74, 6) is -1.47. The molecule has 4 nitrogen and oxygen atoms in total. The van der Waals surface area contributed by atoms with Crippen LogP contribution in [0, 0.1) is 0 Å². The zero-order valence-electron chi connectivity index (χ0n) is 48.7. The highest BCUT2D eigenvalue weighted by atomic mass is 35.5. The lowest BCUT2D eigenvalue weighted by Gasteiger charge is -2.19. The van der Waals surface area contributed by atoms with Gasteiger partial charge in [-0.1, -0.05) is 86.9 Å². The Bertz CT molecular complexity index is 2630. The predicted molar refractivity (Wildman–Crippen MR) is 170 cm³/mol. The van der Waals surface area contributed by atoms with Crippen molar-refractivity contribution in [2.75, 3.05) is 13.0 Å². The van der Waals surface area contributed by atoms with Gasteiger partial charge in [-0.05, 0) is 78.8 Å². The molecule has 45 heavy (non-hydrogen) atoms. The van der Waals surface area contributed by atoms with Gasteiger partial charge >= 0.3 is 12.4 Å². The molecule has 0 radical (unpaired) electrons. The Morgan fingerprint density at radius 1 is 0.689 bits per heavy atom. The minimum atomic E-state index is -5.35. The van der Waals surface area contributed by atoms with E-state index in [0.29, 0.717) is 0 Å². The van der Waals surface area contributed by atoms with Crippen LogP contribution in [0.3, 0.4) is 0 Å². The molecule has 0 saturated heterocycles. The van der Waals surface area contributed by atoms with Crippen molar-refractivity contribution in [1.82, 2.24) is 0 Å². The third-order valence-corrected chi connectivity index (χ3v) is 4.00. The van der Waals surface area contributed by atoms with E-state index >= 15 is 0 Å². The third kappa shape index (κ3) is 15.3. The van der Waals surface area contributed by atoms with E-state index in [0.717, 1.165) is 0 Å². The summed E-state index contributed by atoms with van der Waals surface area (Å²) in [6.45, 7) is -6.76. The Hall–Kier alpha value is -3.57. The van der Waals surface area contributed by atoms with Gasteiger partial charge in [0.05, 0.1) is 44.6 Å². The van der Waals surface area contributed by atoms with Crippen LogP contribution >= 0.6 is 11.6 Å². The molecule has 0 bridgehead atoms. The Morgan fingerprint density at radius 3 is 1.49 bits per heavy atom. The van der Waals surface area contributed by atoms with Crippen LogP contribution in [-0.2, 0) is 12.4 Å². The maximum absolute atomic E-state index is 13.3. The van der Waals surface area contributed by atoms with Crippen molar-refractivity contribution >= 4 is 11.6 Å². The first kappa shape index (κ1) is 14.5. The zero-order valence-corrected chi connectivity index (χ0v) is 21.4. The van der Waals surface area contributed by atoms with Crippen LogP contribution in [0.15, 0.2) is 109 Å². The van der Waals surface area contributed by atoms with E-state index < -0.39 is 192 Å². The number of benzene rings is 4. The highest BCUT2D eigenvalue weighted by Gasteiger charge is 2.30. The molecule has 0 unspecified atom stereocenters. The maximum atomic E-state index is 13.3. The summed E-state index contributed by atoms with van der Waals surface area (Å²) in [6, 6.07) is -20.8. The quantitative estimate of drug-likeness (QED) is 0.161. The smallest absolute Gasteiger partial charge is 0.416 e. The van der Waals surface area contributed by atoms with Crippen molar-refractivity contribution < 1.29 is 74.6 Å². The number of hydrogen-bond donors (Lipinski definition) is 3. The Kier molecular flexibility index (Phi) is 6.57. The van der Waals surface area contributed by atoms with E-state index in [1.165, 1.54) is 0 Å². The standard InChI is InChI=1S/C16H16F3NO.C9H13NO.C7H4ClF3.2CH4/c17-16(18,19)13-6-8-14(9-7-13)21-15(10-11-20)12-4-2-1-3-5-12;10-7-6-9(11)8-4-2-1-3-5-8;8-6-3-1-5(2-4-6)7(9,10)11;;/h1-9,15H,10-11,20H2;1-5,9,11H,6-7,10H2;1-4H;2*1H4/t15-;9-;;;/m11.../s1/i1D,2D,3D,4D,5D,6D,7D,8D,9D,10D2,11D2,15D;1D,2D,3D,4D,5D,6D2,7D2,9D;1D,2D,3D,4D;;. The minimum absolute atomic E-state index is 0. The van der Waals surface area contributed by atoms with Crippen LogP contribution in [0.4, 0.5) is 26.3 Å². The number of halogens is 7. The van der Waals surface area contributed by atoms with Crippen LogP contribution in [0.5, 0.6) is 5.75 Å². The number of hydrogen-bond acceptors (Lipinski definition) is 4. The lowest BCUT2D eigenvalue weighted by molar-refractivity contribution is -0.138. The zero-order chi connectivity index (χ0) is 56.6. The second kappa shape index (κ2) is 20.5. The molecule has 0 aliphatic heterocycles. The topological polar surface area (TPSA) is 81.5 Å². The van der Waals surface area contributed by atoms with Gasteiger partial charge in [0.1, 0.15) is 11.8 Å². The van der Waals surface area contributed by atoms with Gasteiger partial charge in [0, 0.05) is 22.4 Å². The molecular weight excluding hydrogens is 618 g/mol. The molecule has 248 valence electrons. The van der Waals surface area contributed by atoms with Crippen molar-refractivity contribution in [2.45, 2.75) is 52.1 Å². The molecule has 0 amide bonds. The fourth-order valence-corrected chi connectivity index (χ4v) is 2.20. The van der Waals surface area contributed by atoms with Crippen LogP contribution in [0.25, 0.3) is 0 Å². The van der Waals surface area contributed by atoms with Crippen molar-refractivity contribution in [1.29, 1.82) is 0 Å². The number of alkyl halides is 6. The van der Waals surface area contributed by atoms with Gasteiger partial charge < -0.3 is 21.3 Å². The number of aliphatic hydroxyl groups is 1. The lowest BCUT2D eigenvalue weighted by atomic mass is 10.1. The molecule has 0 aliphatic carbocycles. The van der Waals surface area contributed by atoms with E-state index in [-0.39, 0.29) is 14.9 Å². The SMILES string of the molecule is C.C.[2H]c1c([2H])c(C(F)(F)F)c([2H])c([2H])c1Cl.[2H]c1c([2H])c([2H])c([C@]([2H])(O)C([2H])([2H])C([2H])([2H])N)c([2H])c1[2H].[2H]c1c([2H])c([2H])c([C@]([2H])(Oc2c([2H])c([2H])c(C(F)(F)F)c([2H])c2[2H])C([2H])([2H])C([2H])([2H])N)c([2H])c1[2H]. The largest absolute Gasteiger partial charge is 0.486 e. The first-order valence-corrected chi connectivity index (χ1v) is 10.9. The van der Waals surface area contributed by atoms with E-state index in [9.17, 15) is 31.4 Å². The molecule has 4 aromatic rings. The van der Waals surface area contributed by atoms with E-state index in [1.54, 1.807) is 0 Å². The fourth-order valence-electron chi connectivity index (χ4n) is 2.10. The molecule has 4 rings (SSSR count). The van der Waals surface area contributed by atoms with Gasteiger partial charge in [-0.15, -0.1) is 0 Å². The average molecular weight is 687 g/mol. The van der Waals surface area contributed by atoms with Crippen molar-refractivity contribution in [3.63, 3.8) is 0 Å². The first-order valence-electron chi connectivity index (χ1n) is 24.5. The molecule has 0 saturated carbocycles. The van der Waals surface area contributed by atoms with Gasteiger partial charge in [-0.25, -0.2) is 0 Å². The summed E-state index contributed by atoms with van der Waals surface area (Å²) >= 11 is 5.33. The van der Waals surface area contributed by atoms with Gasteiger partial charge in [-0.3, -0.25) is 0 Å². The molecule has 4 aromatic carbocycles.